The molecule has 1 heterocycles. The first kappa shape index (κ1) is 15.7. The molecule has 0 aromatic heterocycles. The van der Waals surface area contributed by atoms with Crippen LogP contribution in [0.4, 0.5) is 11.4 Å². The first-order chi connectivity index (χ1) is 10.1. The molecule has 0 atom stereocenters. The molecule has 6 nitrogen and oxygen atoms in total. The molecule has 1 aromatic carbocycles. The molecule has 0 aliphatic carbocycles. The molecular weight excluding hydrogens is 268 g/mol. The van der Waals surface area contributed by atoms with Gasteiger partial charge in [-0.05, 0) is 45.1 Å². The fourth-order valence-corrected chi connectivity index (χ4v) is 2.69. The predicted octanol–water partition coefficient (Wildman–Crippen LogP) is 2.16. The van der Waals surface area contributed by atoms with E-state index in [1.54, 1.807) is 12.1 Å². The van der Waals surface area contributed by atoms with Gasteiger partial charge >= 0.3 is 0 Å². The molecular formula is C15H24N4O2. The Hall–Kier alpha value is -1.66. The van der Waals surface area contributed by atoms with Crippen LogP contribution in [0.2, 0.25) is 0 Å². The van der Waals surface area contributed by atoms with Gasteiger partial charge in [0.05, 0.1) is 4.92 Å². The maximum Gasteiger partial charge on any atom is 0.269 e. The average Bonchev–Trinajstić information content (AvgIpc) is 2.66. The van der Waals surface area contributed by atoms with Crippen LogP contribution in [0.1, 0.15) is 18.9 Å². The quantitative estimate of drug-likeness (QED) is 0.665. The second-order valence-electron chi connectivity index (χ2n) is 5.56. The predicted molar refractivity (Wildman–Crippen MR) is 84.7 cm³/mol. The number of rotatable bonds is 5. The SMILES string of the molecule is CCNc1ccc([N+](=O)[O-])cc1CN1CCCN(C)CC1. The fourth-order valence-electron chi connectivity index (χ4n) is 2.69. The van der Waals surface area contributed by atoms with E-state index in [1.807, 2.05) is 13.0 Å². The number of nitrogens with one attached hydrogen (secondary N) is 1. The summed E-state index contributed by atoms with van der Waals surface area (Å²) in [5.41, 5.74) is 2.18. The Morgan fingerprint density at radius 2 is 2.10 bits per heavy atom. The van der Waals surface area contributed by atoms with Crippen LogP contribution in [0.15, 0.2) is 18.2 Å². The maximum atomic E-state index is 11.0. The van der Waals surface area contributed by atoms with Gasteiger partial charge in [0.25, 0.3) is 5.69 Å². The normalized spacial score (nSPS) is 17.4. The third-order valence-corrected chi connectivity index (χ3v) is 3.87. The number of anilines is 1. The molecule has 21 heavy (non-hydrogen) atoms. The second-order valence-corrected chi connectivity index (χ2v) is 5.56. The molecule has 116 valence electrons. The van der Waals surface area contributed by atoms with Crippen molar-refractivity contribution in [3.63, 3.8) is 0 Å². The summed E-state index contributed by atoms with van der Waals surface area (Å²) in [4.78, 5) is 15.4. The lowest BCUT2D eigenvalue weighted by molar-refractivity contribution is -0.384. The molecule has 1 aromatic rings. The molecule has 2 rings (SSSR count). The van der Waals surface area contributed by atoms with Gasteiger partial charge in [-0.3, -0.25) is 15.0 Å². The molecule has 1 fully saturated rings. The smallest absolute Gasteiger partial charge is 0.269 e. The van der Waals surface area contributed by atoms with Gasteiger partial charge in [0.2, 0.25) is 0 Å². The van der Waals surface area contributed by atoms with E-state index >= 15 is 0 Å². The minimum Gasteiger partial charge on any atom is -0.385 e. The standard InChI is InChI=1S/C15H24N4O2/c1-3-16-15-6-5-14(19(20)21)11-13(15)12-18-8-4-7-17(2)9-10-18/h5-6,11,16H,3-4,7-10,12H2,1-2H3. The lowest BCUT2D eigenvalue weighted by atomic mass is 10.1. The van der Waals surface area contributed by atoms with Crippen LogP contribution >= 0.6 is 0 Å². The molecule has 1 aliphatic heterocycles. The Morgan fingerprint density at radius 1 is 1.29 bits per heavy atom. The molecule has 1 aliphatic rings. The van der Waals surface area contributed by atoms with E-state index in [1.165, 1.54) is 0 Å². The first-order valence-electron chi connectivity index (χ1n) is 7.52. The van der Waals surface area contributed by atoms with Crippen LogP contribution in [0.25, 0.3) is 0 Å². The largest absolute Gasteiger partial charge is 0.385 e. The Bertz CT molecular complexity index is 493. The summed E-state index contributed by atoms with van der Waals surface area (Å²) >= 11 is 0. The summed E-state index contributed by atoms with van der Waals surface area (Å²) in [6.45, 7) is 7.82. The second kappa shape index (κ2) is 7.38. The van der Waals surface area contributed by atoms with Crippen molar-refractivity contribution in [3.05, 3.63) is 33.9 Å². The van der Waals surface area contributed by atoms with E-state index in [-0.39, 0.29) is 10.6 Å². The van der Waals surface area contributed by atoms with Crippen molar-refractivity contribution in [2.24, 2.45) is 0 Å². The van der Waals surface area contributed by atoms with Gasteiger partial charge in [0, 0.05) is 44.0 Å². The lowest BCUT2D eigenvalue weighted by Crippen LogP contribution is -2.28. The number of likely N-dealkylation sites (N-methyl/N-ethyl adjacent to an activating group) is 1. The van der Waals surface area contributed by atoms with Crippen molar-refractivity contribution in [1.29, 1.82) is 0 Å². The Morgan fingerprint density at radius 3 is 2.81 bits per heavy atom. The number of nitro benzene ring substituents is 1. The minimum absolute atomic E-state index is 0.165. The maximum absolute atomic E-state index is 11.0. The van der Waals surface area contributed by atoms with Gasteiger partial charge in [0.1, 0.15) is 0 Å². The lowest BCUT2D eigenvalue weighted by Gasteiger charge is -2.22. The molecule has 1 saturated heterocycles. The van der Waals surface area contributed by atoms with Crippen molar-refractivity contribution in [2.45, 2.75) is 19.9 Å². The summed E-state index contributed by atoms with van der Waals surface area (Å²) in [6, 6.07) is 5.09. The van der Waals surface area contributed by atoms with E-state index < -0.39 is 0 Å². The molecule has 1 N–H and O–H groups in total. The number of nitrogens with zero attached hydrogens (tertiary/aromatic N) is 3. The highest BCUT2D eigenvalue weighted by molar-refractivity contribution is 5.56. The van der Waals surface area contributed by atoms with E-state index in [0.717, 1.165) is 56.9 Å². The number of hydrogen-bond donors (Lipinski definition) is 1. The summed E-state index contributed by atoms with van der Waals surface area (Å²) in [6.07, 6.45) is 1.14. The number of benzene rings is 1. The third-order valence-electron chi connectivity index (χ3n) is 3.87. The molecule has 6 heteroatoms. The van der Waals surface area contributed by atoms with Gasteiger partial charge in [-0.2, -0.15) is 0 Å². The van der Waals surface area contributed by atoms with Crippen LogP contribution in [-0.2, 0) is 6.54 Å². The molecule has 0 radical (unpaired) electrons. The zero-order chi connectivity index (χ0) is 15.2. The molecule has 0 amide bonds. The van der Waals surface area contributed by atoms with Crippen LogP contribution in [-0.4, -0.2) is 54.5 Å². The highest BCUT2D eigenvalue weighted by atomic mass is 16.6. The summed E-state index contributed by atoms with van der Waals surface area (Å²) in [5, 5.41) is 14.3. The summed E-state index contributed by atoms with van der Waals surface area (Å²) in [7, 11) is 2.14. The van der Waals surface area contributed by atoms with Crippen molar-refractivity contribution in [2.75, 3.05) is 45.1 Å². The highest BCUT2D eigenvalue weighted by Gasteiger charge is 2.16. The molecule has 0 spiro atoms. The Balaban J connectivity index is 2.15. The summed E-state index contributed by atoms with van der Waals surface area (Å²) in [5.74, 6) is 0. The van der Waals surface area contributed by atoms with Crippen LogP contribution in [0.3, 0.4) is 0 Å². The van der Waals surface area contributed by atoms with Gasteiger partial charge in [-0.25, -0.2) is 0 Å². The van der Waals surface area contributed by atoms with Gasteiger partial charge in [-0.1, -0.05) is 0 Å². The van der Waals surface area contributed by atoms with Gasteiger partial charge in [0.15, 0.2) is 0 Å². The van der Waals surface area contributed by atoms with Crippen molar-refractivity contribution in [1.82, 2.24) is 9.80 Å². The van der Waals surface area contributed by atoms with Crippen LogP contribution in [0.5, 0.6) is 0 Å². The van der Waals surface area contributed by atoms with E-state index in [9.17, 15) is 10.1 Å². The average molecular weight is 292 g/mol. The first-order valence-corrected chi connectivity index (χ1v) is 7.52. The van der Waals surface area contributed by atoms with E-state index in [4.69, 9.17) is 0 Å². The Labute approximate surface area is 125 Å². The minimum atomic E-state index is -0.324. The number of nitro groups is 1. The van der Waals surface area contributed by atoms with Crippen molar-refractivity contribution < 1.29 is 4.92 Å². The summed E-state index contributed by atoms with van der Waals surface area (Å²) < 4.78 is 0. The Kier molecular flexibility index (Phi) is 5.52. The van der Waals surface area contributed by atoms with Gasteiger partial charge < -0.3 is 10.2 Å². The number of hydrogen-bond acceptors (Lipinski definition) is 5. The molecule has 0 bridgehead atoms. The zero-order valence-corrected chi connectivity index (χ0v) is 12.8. The molecule has 0 saturated carbocycles. The van der Waals surface area contributed by atoms with Gasteiger partial charge in [-0.15, -0.1) is 0 Å². The fraction of sp³-hybridized carbons (Fsp3) is 0.600. The van der Waals surface area contributed by atoms with Crippen molar-refractivity contribution in [3.8, 4) is 0 Å². The van der Waals surface area contributed by atoms with Crippen molar-refractivity contribution >= 4 is 11.4 Å². The number of non-ortho nitro benzene ring substituents is 1. The van der Waals surface area contributed by atoms with E-state index in [0.29, 0.717) is 0 Å². The van der Waals surface area contributed by atoms with Crippen LogP contribution in [0, 0.1) is 10.1 Å². The van der Waals surface area contributed by atoms with E-state index in [2.05, 4.69) is 22.2 Å². The molecule has 0 unspecified atom stereocenters. The topological polar surface area (TPSA) is 61.7 Å². The zero-order valence-electron chi connectivity index (χ0n) is 12.8. The third kappa shape index (κ3) is 4.41. The highest BCUT2D eigenvalue weighted by Crippen LogP contribution is 2.24. The monoisotopic (exact) mass is 292 g/mol. The van der Waals surface area contributed by atoms with Crippen LogP contribution < -0.4 is 5.32 Å².